The molecule has 1 rings (SSSR count). The van der Waals surface area contributed by atoms with Gasteiger partial charge in [-0.2, -0.15) is 0 Å². The van der Waals surface area contributed by atoms with Crippen molar-refractivity contribution in [3.05, 3.63) is 35.9 Å². The Hall–Kier alpha value is -1.88. The number of rotatable bonds is 5. The van der Waals surface area contributed by atoms with Crippen LogP contribution < -0.4 is 0 Å². The van der Waals surface area contributed by atoms with Gasteiger partial charge >= 0.3 is 11.9 Å². The van der Waals surface area contributed by atoms with Crippen LogP contribution in [0.3, 0.4) is 0 Å². The van der Waals surface area contributed by atoms with Crippen molar-refractivity contribution in [1.29, 1.82) is 0 Å². The first kappa shape index (κ1) is 14.2. The zero-order valence-electron chi connectivity index (χ0n) is 10.4. The van der Waals surface area contributed by atoms with Crippen LogP contribution in [0.2, 0.25) is 0 Å². The SMILES string of the molecule is CCOC(=O)C(C)(O)COC(=O)c1ccccc1. The Labute approximate surface area is 105 Å². The van der Waals surface area contributed by atoms with E-state index in [9.17, 15) is 14.7 Å². The minimum Gasteiger partial charge on any atom is -0.464 e. The van der Waals surface area contributed by atoms with Crippen LogP contribution in [0.4, 0.5) is 0 Å². The minimum absolute atomic E-state index is 0.154. The van der Waals surface area contributed by atoms with Crippen molar-refractivity contribution < 1.29 is 24.2 Å². The van der Waals surface area contributed by atoms with Gasteiger partial charge in [-0.25, -0.2) is 9.59 Å². The zero-order valence-corrected chi connectivity index (χ0v) is 10.4. The quantitative estimate of drug-likeness (QED) is 0.796. The standard InChI is InChI=1S/C13H16O5/c1-3-17-12(15)13(2,16)9-18-11(14)10-7-5-4-6-8-10/h4-8,16H,3,9H2,1-2H3. The monoisotopic (exact) mass is 252 g/mol. The van der Waals surface area contributed by atoms with Gasteiger partial charge in [0.2, 0.25) is 0 Å². The summed E-state index contributed by atoms with van der Waals surface area (Å²) < 4.78 is 9.54. The molecule has 1 aromatic rings. The van der Waals surface area contributed by atoms with Crippen molar-refractivity contribution in [2.24, 2.45) is 0 Å². The lowest BCUT2D eigenvalue weighted by molar-refractivity contribution is -0.166. The summed E-state index contributed by atoms with van der Waals surface area (Å²) in [5.41, 5.74) is -1.47. The second-order valence-electron chi connectivity index (χ2n) is 3.94. The summed E-state index contributed by atoms with van der Waals surface area (Å²) in [6, 6.07) is 8.33. The molecule has 0 fully saturated rings. The fraction of sp³-hybridized carbons (Fsp3) is 0.385. The molecular weight excluding hydrogens is 236 g/mol. The molecule has 5 nitrogen and oxygen atoms in total. The van der Waals surface area contributed by atoms with Gasteiger partial charge in [0.1, 0.15) is 6.61 Å². The van der Waals surface area contributed by atoms with E-state index in [2.05, 4.69) is 4.74 Å². The molecule has 0 radical (unpaired) electrons. The van der Waals surface area contributed by atoms with Crippen LogP contribution in [0.1, 0.15) is 24.2 Å². The van der Waals surface area contributed by atoms with Crippen molar-refractivity contribution in [2.75, 3.05) is 13.2 Å². The maximum absolute atomic E-state index is 11.6. The van der Waals surface area contributed by atoms with Gasteiger partial charge in [-0.15, -0.1) is 0 Å². The summed E-state index contributed by atoms with van der Waals surface area (Å²) in [6.07, 6.45) is 0. The average molecular weight is 252 g/mol. The molecule has 0 aliphatic carbocycles. The van der Waals surface area contributed by atoms with Gasteiger partial charge in [-0.3, -0.25) is 0 Å². The first-order chi connectivity index (χ1) is 8.47. The predicted molar refractivity (Wildman–Crippen MR) is 64.0 cm³/mol. The predicted octanol–water partition coefficient (Wildman–Crippen LogP) is 1.16. The Kier molecular flexibility index (Phi) is 4.85. The molecule has 0 aliphatic rings. The molecule has 1 unspecified atom stereocenters. The molecule has 0 heterocycles. The van der Waals surface area contributed by atoms with Crippen molar-refractivity contribution >= 4 is 11.9 Å². The van der Waals surface area contributed by atoms with E-state index in [1.807, 2.05) is 0 Å². The molecule has 0 saturated heterocycles. The highest BCUT2D eigenvalue weighted by molar-refractivity contribution is 5.89. The summed E-state index contributed by atoms with van der Waals surface area (Å²) in [5.74, 6) is -1.41. The van der Waals surface area contributed by atoms with E-state index < -0.39 is 24.1 Å². The molecule has 5 heteroatoms. The highest BCUT2D eigenvalue weighted by Crippen LogP contribution is 2.09. The first-order valence-corrected chi connectivity index (χ1v) is 5.59. The molecule has 0 saturated carbocycles. The lowest BCUT2D eigenvalue weighted by Crippen LogP contribution is -2.42. The molecule has 0 amide bonds. The smallest absolute Gasteiger partial charge is 0.341 e. The lowest BCUT2D eigenvalue weighted by Gasteiger charge is -2.20. The van der Waals surface area contributed by atoms with Crippen molar-refractivity contribution in [3.8, 4) is 0 Å². The van der Waals surface area contributed by atoms with Gasteiger partial charge in [0.05, 0.1) is 12.2 Å². The fourth-order valence-corrected chi connectivity index (χ4v) is 1.21. The Morgan fingerprint density at radius 2 is 1.83 bits per heavy atom. The molecule has 1 atom stereocenters. The molecule has 18 heavy (non-hydrogen) atoms. The van der Waals surface area contributed by atoms with Crippen LogP contribution in [-0.2, 0) is 14.3 Å². The maximum Gasteiger partial charge on any atom is 0.341 e. The summed E-state index contributed by atoms with van der Waals surface area (Å²) in [5, 5.41) is 9.76. The number of carbonyl (C=O) groups excluding carboxylic acids is 2. The molecule has 1 aromatic carbocycles. The number of benzene rings is 1. The van der Waals surface area contributed by atoms with Crippen molar-refractivity contribution in [1.82, 2.24) is 0 Å². The Morgan fingerprint density at radius 1 is 1.22 bits per heavy atom. The number of esters is 2. The normalized spacial score (nSPS) is 13.5. The number of hydrogen-bond donors (Lipinski definition) is 1. The topological polar surface area (TPSA) is 72.8 Å². The number of carbonyl (C=O) groups is 2. The van der Waals surface area contributed by atoms with Gasteiger partial charge in [0.25, 0.3) is 0 Å². The first-order valence-electron chi connectivity index (χ1n) is 5.59. The lowest BCUT2D eigenvalue weighted by atomic mass is 10.1. The Morgan fingerprint density at radius 3 is 2.39 bits per heavy atom. The van der Waals surface area contributed by atoms with E-state index in [0.29, 0.717) is 5.56 Å². The average Bonchev–Trinajstić information content (AvgIpc) is 2.37. The van der Waals surface area contributed by atoms with Crippen LogP contribution in [-0.4, -0.2) is 35.9 Å². The van der Waals surface area contributed by atoms with Gasteiger partial charge in [-0.05, 0) is 26.0 Å². The van der Waals surface area contributed by atoms with E-state index >= 15 is 0 Å². The van der Waals surface area contributed by atoms with Crippen LogP contribution in [0.25, 0.3) is 0 Å². The summed E-state index contributed by atoms with van der Waals surface area (Å²) in [4.78, 5) is 22.9. The van der Waals surface area contributed by atoms with E-state index in [1.54, 1.807) is 37.3 Å². The second-order valence-corrected chi connectivity index (χ2v) is 3.94. The summed E-state index contributed by atoms with van der Waals surface area (Å²) in [6.45, 7) is 2.58. The molecule has 1 N–H and O–H groups in total. The summed E-state index contributed by atoms with van der Waals surface area (Å²) >= 11 is 0. The van der Waals surface area contributed by atoms with Gasteiger partial charge < -0.3 is 14.6 Å². The van der Waals surface area contributed by atoms with Gasteiger partial charge in [0.15, 0.2) is 5.60 Å². The number of hydrogen-bond acceptors (Lipinski definition) is 5. The third kappa shape index (κ3) is 3.85. The number of aliphatic hydroxyl groups is 1. The third-order valence-corrected chi connectivity index (χ3v) is 2.21. The molecule has 0 spiro atoms. The van der Waals surface area contributed by atoms with Crippen LogP contribution in [0, 0.1) is 0 Å². The highest BCUT2D eigenvalue weighted by Gasteiger charge is 2.33. The van der Waals surface area contributed by atoms with Crippen LogP contribution in [0.5, 0.6) is 0 Å². The third-order valence-electron chi connectivity index (χ3n) is 2.21. The van der Waals surface area contributed by atoms with Gasteiger partial charge in [0, 0.05) is 0 Å². The Balaban J connectivity index is 2.55. The van der Waals surface area contributed by atoms with Crippen LogP contribution in [0.15, 0.2) is 30.3 Å². The molecule has 98 valence electrons. The van der Waals surface area contributed by atoms with E-state index in [4.69, 9.17) is 4.74 Å². The van der Waals surface area contributed by atoms with Gasteiger partial charge in [-0.1, -0.05) is 18.2 Å². The molecule has 0 aliphatic heterocycles. The fourth-order valence-electron chi connectivity index (χ4n) is 1.21. The zero-order chi connectivity index (χ0) is 13.6. The minimum atomic E-state index is -1.83. The van der Waals surface area contributed by atoms with E-state index in [1.165, 1.54) is 6.92 Å². The highest BCUT2D eigenvalue weighted by atomic mass is 16.6. The van der Waals surface area contributed by atoms with Crippen LogP contribution >= 0.6 is 0 Å². The largest absolute Gasteiger partial charge is 0.464 e. The van der Waals surface area contributed by atoms with E-state index in [-0.39, 0.29) is 6.61 Å². The molecule has 0 bridgehead atoms. The molecule has 0 aromatic heterocycles. The van der Waals surface area contributed by atoms with Crippen molar-refractivity contribution in [3.63, 3.8) is 0 Å². The molecular formula is C13H16O5. The summed E-state index contributed by atoms with van der Waals surface area (Å²) in [7, 11) is 0. The maximum atomic E-state index is 11.6. The Bertz CT molecular complexity index is 411. The van der Waals surface area contributed by atoms with Crippen molar-refractivity contribution in [2.45, 2.75) is 19.4 Å². The number of ether oxygens (including phenoxy) is 2. The second kappa shape index (κ2) is 6.16. The van der Waals surface area contributed by atoms with E-state index in [0.717, 1.165) is 0 Å².